The molecule has 0 radical (unpaired) electrons. The van der Waals surface area contributed by atoms with Gasteiger partial charge in [0.2, 0.25) is 5.82 Å². The molecule has 0 atom stereocenters. The Morgan fingerprint density at radius 1 is 1.17 bits per heavy atom. The average molecular weight is 258 g/mol. The molecule has 0 aromatic carbocycles. The van der Waals surface area contributed by atoms with E-state index < -0.39 is 12.0 Å². The first-order chi connectivity index (χ1) is 8.47. The lowest BCUT2D eigenvalue weighted by molar-refractivity contribution is -0.145. The summed E-state index contributed by atoms with van der Waals surface area (Å²) in [6.07, 6.45) is -1.95. The van der Waals surface area contributed by atoms with E-state index in [2.05, 4.69) is 15.1 Å². The molecule has 2 aromatic rings. The molecule has 0 unspecified atom stereocenters. The van der Waals surface area contributed by atoms with Crippen molar-refractivity contribution in [1.82, 2.24) is 19.7 Å². The van der Waals surface area contributed by atoms with Crippen LogP contribution in [-0.4, -0.2) is 19.7 Å². The molecule has 0 saturated heterocycles. The number of hydrogen-bond acceptors (Lipinski definition) is 3. The van der Waals surface area contributed by atoms with Crippen LogP contribution < -0.4 is 0 Å². The summed E-state index contributed by atoms with van der Waals surface area (Å²) in [6.45, 7) is 5.74. The molecule has 0 amide bonds. The Morgan fingerprint density at radius 2 is 1.83 bits per heavy atom. The summed E-state index contributed by atoms with van der Waals surface area (Å²) < 4.78 is 38.3. The number of aromatic nitrogens is 4. The Balaban J connectivity index is 0.000000771. The van der Waals surface area contributed by atoms with Crippen LogP contribution in [0.4, 0.5) is 13.2 Å². The lowest BCUT2D eigenvalue weighted by atomic mass is 10.5. The fraction of sp³-hybridized carbons (Fsp3) is 0.364. The first-order valence-electron chi connectivity index (χ1n) is 5.40. The minimum Gasteiger partial charge on any atom is -0.233 e. The van der Waals surface area contributed by atoms with Crippen molar-refractivity contribution < 1.29 is 13.2 Å². The first kappa shape index (κ1) is 14.1. The van der Waals surface area contributed by atoms with Crippen LogP contribution in [0.2, 0.25) is 0 Å². The molecule has 0 spiro atoms. The van der Waals surface area contributed by atoms with Crippen molar-refractivity contribution in [3.63, 3.8) is 0 Å². The topological polar surface area (TPSA) is 43.6 Å². The van der Waals surface area contributed by atoms with Crippen LogP contribution in [0.5, 0.6) is 0 Å². The summed E-state index contributed by atoms with van der Waals surface area (Å²) in [5.41, 5.74) is 0.701. The number of rotatable bonds is 1. The summed E-state index contributed by atoms with van der Waals surface area (Å²) in [5, 5.41) is 3.96. The highest BCUT2D eigenvalue weighted by atomic mass is 19.4. The second-order valence-electron chi connectivity index (χ2n) is 3.14. The van der Waals surface area contributed by atoms with Gasteiger partial charge in [-0.2, -0.15) is 18.3 Å². The molecular weight excluding hydrogens is 245 g/mol. The summed E-state index contributed by atoms with van der Waals surface area (Å²) in [7, 11) is 0. The first-order valence-corrected chi connectivity index (χ1v) is 5.40. The molecule has 0 aliphatic heterocycles. The van der Waals surface area contributed by atoms with Gasteiger partial charge in [0.1, 0.15) is 0 Å². The Labute approximate surface area is 102 Å². The summed E-state index contributed by atoms with van der Waals surface area (Å²) in [6, 6.07) is 3.04. The van der Waals surface area contributed by atoms with Gasteiger partial charge >= 0.3 is 6.18 Å². The third-order valence-electron chi connectivity index (χ3n) is 1.85. The number of aryl methyl sites for hydroxylation is 1. The van der Waals surface area contributed by atoms with Gasteiger partial charge in [-0.25, -0.2) is 14.6 Å². The van der Waals surface area contributed by atoms with E-state index in [0.717, 1.165) is 6.20 Å². The number of halogens is 3. The highest BCUT2D eigenvalue weighted by Gasteiger charge is 2.34. The van der Waals surface area contributed by atoms with Crippen LogP contribution in [0.25, 0.3) is 5.82 Å². The van der Waals surface area contributed by atoms with Crippen LogP contribution >= 0.6 is 0 Å². The van der Waals surface area contributed by atoms with E-state index in [-0.39, 0.29) is 5.82 Å². The number of alkyl halides is 3. The summed E-state index contributed by atoms with van der Waals surface area (Å²) >= 11 is 0. The van der Waals surface area contributed by atoms with E-state index in [1.165, 1.54) is 16.9 Å². The van der Waals surface area contributed by atoms with Gasteiger partial charge in [0, 0.05) is 18.5 Å². The standard InChI is InChI=1S/C9H7F3N4.C2H6/c1-6-3-5-16(15-6)7-2-4-13-8(14-7)9(10,11)12;1-2/h2-5H,1H3;1-2H3. The molecule has 0 bridgehead atoms. The van der Waals surface area contributed by atoms with Gasteiger partial charge in [0.05, 0.1) is 5.69 Å². The van der Waals surface area contributed by atoms with Gasteiger partial charge in [-0.1, -0.05) is 13.8 Å². The minimum atomic E-state index is -4.54. The van der Waals surface area contributed by atoms with Gasteiger partial charge in [-0.3, -0.25) is 0 Å². The molecule has 0 N–H and O–H groups in total. The molecule has 2 rings (SSSR count). The largest absolute Gasteiger partial charge is 0.451 e. The normalized spacial score (nSPS) is 10.8. The van der Waals surface area contributed by atoms with E-state index in [1.807, 2.05) is 13.8 Å². The van der Waals surface area contributed by atoms with Gasteiger partial charge in [-0.15, -0.1) is 0 Å². The van der Waals surface area contributed by atoms with Gasteiger partial charge in [0.15, 0.2) is 5.82 Å². The van der Waals surface area contributed by atoms with Gasteiger partial charge in [-0.05, 0) is 13.0 Å². The molecule has 0 saturated carbocycles. The molecule has 4 nitrogen and oxygen atoms in total. The van der Waals surface area contributed by atoms with Crippen molar-refractivity contribution in [3.8, 4) is 5.82 Å². The van der Waals surface area contributed by atoms with Crippen molar-refractivity contribution >= 4 is 0 Å². The van der Waals surface area contributed by atoms with Crippen LogP contribution in [0.1, 0.15) is 25.4 Å². The minimum absolute atomic E-state index is 0.0930. The van der Waals surface area contributed by atoms with Gasteiger partial charge in [0.25, 0.3) is 0 Å². The highest BCUT2D eigenvalue weighted by molar-refractivity contribution is 5.21. The summed E-state index contributed by atoms with van der Waals surface area (Å²) in [5.74, 6) is -1.08. The zero-order valence-electron chi connectivity index (χ0n) is 10.2. The van der Waals surface area contributed by atoms with E-state index in [4.69, 9.17) is 0 Å². The lowest BCUT2D eigenvalue weighted by Gasteiger charge is -2.06. The molecule has 98 valence electrons. The molecule has 18 heavy (non-hydrogen) atoms. The quantitative estimate of drug-likeness (QED) is 0.789. The monoisotopic (exact) mass is 258 g/mol. The SMILES string of the molecule is CC.Cc1ccn(-c2ccnc(C(F)(F)F)n2)n1. The average Bonchev–Trinajstić information content (AvgIpc) is 2.78. The molecule has 0 aliphatic rings. The maximum absolute atomic E-state index is 12.3. The Morgan fingerprint density at radius 3 is 2.33 bits per heavy atom. The van der Waals surface area contributed by atoms with Crippen LogP contribution in [-0.2, 0) is 6.18 Å². The van der Waals surface area contributed by atoms with Crippen molar-refractivity contribution in [3.05, 3.63) is 36.0 Å². The van der Waals surface area contributed by atoms with Crippen LogP contribution in [0, 0.1) is 6.92 Å². The van der Waals surface area contributed by atoms with Crippen molar-refractivity contribution in [2.24, 2.45) is 0 Å². The van der Waals surface area contributed by atoms with E-state index in [0.29, 0.717) is 5.69 Å². The highest BCUT2D eigenvalue weighted by Crippen LogP contribution is 2.25. The molecule has 2 heterocycles. The summed E-state index contributed by atoms with van der Waals surface area (Å²) in [4.78, 5) is 6.56. The predicted molar refractivity (Wildman–Crippen MR) is 60.2 cm³/mol. The maximum atomic E-state index is 12.3. The Bertz CT molecular complexity index is 505. The van der Waals surface area contributed by atoms with Crippen molar-refractivity contribution in [1.29, 1.82) is 0 Å². The van der Waals surface area contributed by atoms with Crippen LogP contribution in [0.15, 0.2) is 24.5 Å². The van der Waals surface area contributed by atoms with E-state index >= 15 is 0 Å². The lowest BCUT2D eigenvalue weighted by Crippen LogP contribution is -2.12. The Kier molecular flexibility index (Phi) is 4.41. The van der Waals surface area contributed by atoms with Crippen molar-refractivity contribution in [2.75, 3.05) is 0 Å². The second kappa shape index (κ2) is 5.61. The molecule has 0 aliphatic carbocycles. The molecule has 2 aromatic heterocycles. The van der Waals surface area contributed by atoms with E-state index in [1.54, 1.807) is 13.0 Å². The zero-order valence-corrected chi connectivity index (χ0v) is 10.2. The molecule has 7 heteroatoms. The van der Waals surface area contributed by atoms with Crippen molar-refractivity contribution in [2.45, 2.75) is 26.9 Å². The smallest absolute Gasteiger partial charge is 0.233 e. The third-order valence-corrected chi connectivity index (χ3v) is 1.85. The maximum Gasteiger partial charge on any atom is 0.451 e. The third kappa shape index (κ3) is 3.28. The fourth-order valence-electron chi connectivity index (χ4n) is 1.16. The number of hydrogen-bond donors (Lipinski definition) is 0. The molecule has 0 fully saturated rings. The predicted octanol–water partition coefficient (Wildman–Crippen LogP) is 3.02. The number of nitrogens with zero attached hydrogens (tertiary/aromatic N) is 4. The Hall–Kier alpha value is -1.92. The fourth-order valence-corrected chi connectivity index (χ4v) is 1.16. The zero-order chi connectivity index (χ0) is 13.8. The van der Waals surface area contributed by atoms with Gasteiger partial charge < -0.3 is 0 Å². The molecular formula is C11H13F3N4. The van der Waals surface area contributed by atoms with E-state index in [9.17, 15) is 13.2 Å². The van der Waals surface area contributed by atoms with Crippen LogP contribution in [0.3, 0.4) is 0 Å². The second-order valence-corrected chi connectivity index (χ2v) is 3.14.